The molecular weight excluding hydrogens is 369 g/mol. The van der Waals surface area contributed by atoms with Gasteiger partial charge in [0.05, 0.1) is 0 Å². The Hall–Kier alpha value is -0.430. The van der Waals surface area contributed by atoms with Gasteiger partial charge in [-0.05, 0) is 48.2 Å². The Morgan fingerprint density at radius 3 is 2.16 bits per heavy atom. The zero-order valence-corrected chi connectivity index (χ0v) is 15.9. The van der Waals surface area contributed by atoms with Crippen LogP contribution in [0.5, 0.6) is 0 Å². The molecule has 1 saturated carbocycles. The average Bonchev–Trinajstić information content (AvgIpc) is 2.57. The lowest BCUT2D eigenvalue weighted by molar-refractivity contribution is -0.0328. The molecule has 2 fully saturated rings. The highest BCUT2D eigenvalue weighted by Gasteiger charge is 2.32. The second-order valence-corrected chi connectivity index (χ2v) is 7.88. The molecule has 1 N–H and O–H groups in total. The fourth-order valence-electron chi connectivity index (χ4n) is 4.06. The first-order chi connectivity index (χ1) is 11.5. The summed E-state index contributed by atoms with van der Waals surface area (Å²) in [4.78, 5) is 2.80. The molecule has 1 aliphatic heterocycles. The van der Waals surface area contributed by atoms with E-state index in [1.807, 2.05) is 12.1 Å². The molecule has 0 spiro atoms. The lowest BCUT2D eigenvalue weighted by Gasteiger charge is -2.41. The van der Waals surface area contributed by atoms with Crippen LogP contribution < -0.4 is 5.32 Å². The van der Waals surface area contributed by atoms with E-state index >= 15 is 0 Å². The van der Waals surface area contributed by atoms with Crippen molar-refractivity contribution >= 4 is 24.2 Å². The number of alkyl halides is 3. The summed E-state index contributed by atoms with van der Waals surface area (Å²) in [5.41, 5.74) is -3.04. The number of rotatable bonds is 4. The largest absolute Gasteiger partial charge is 0.446 e. The van der Waals surface area contributed by atoms with Gasteiger partial charge in [-0.1, -0.05) is 31.4 Å². The number of hydrogen-bond acceptors (Lipinski definition) is 3. The van der Waals surface area contributed by atoms with Gasteiger partial charge >= 0.3 is 5.51 Å². The van der Waals surface area contributed by atoms with Crippen LogP contribution >= 0.6 is 24.2 Å². The van der Waals surface area contributed by atoms with Crippen molar-refractivity contribution < 1.29 is 13.2 Å². The number of halogens is 4. The normalized spacial score (nSPS) is 21.6. The predicted octanol–water partition coefficient (Wildman–Crippen LogP) is 5.25. The number of piperazine rings is 1. The molecule has 0 radical (unpaired) electrons. The quantitative estimate of drug-likeness (QED) is 0.702. The Morgan fingerprint density at radius 1 is 1.00 bits per heavy atom. The first kappa shape index (κ1) is 20.9. The molecule has 1 aromatic rings. The van der Waals surface area contributed by atoms with Crippen molar-refractivity contribution in [2.75, 3.05) is 26.2 Å². The van der Waals surface area contributed by atoms with Crippen LogP contribution in [0.25, 0.3) is 0 Å². The van der Waals surface area contributed by atoms with E-state index in [0.717, 1.165) is 26.2 Å². The number of thioether (sulfide) groups is 1. The molecule has 7 heteroatoms. The number of benzene rings is 1. The first-order valence-corrected chi connectivity index (χ1v) is 9.65. The van der Waals surface area contributed by atoms with Gasteiger partial charge in [-0.25, -0.2) is 0 Å². The van der Waals surface area contributed by atoms with Crippen LogP contribution in [-0.2, 0) is 0 Å². The van der Waals surface area contributed by atoms with Crippen molar-refractivity contribution in [1.29, 1.82) is 0 Å². The Bertz CT molecular complexity index is 494. The number of nitrogens with zero attached hydrogens (tertiary/aromatic N) is 1. The van der Waals surface area contributed by atoms with Crippen molar-refractivity contribution in [1.82, 2.24) is 10.2 Å². The van der Waals surface area contributed by atoms with Gasteiger partial charge in [0.2, 0.25) is 0 Å². The van der Waals surface area contributed by atoms with Crippen LogP contribution in [0, 0.1) is 5.92 Å². The van der Waals surface area contributed by atoms with Crippen molar-refractivity contribution in [2.45, 2.75) is 48.5 Å². The first-order valence-electron chi connectivity index (χ1n) is 8.83. The van der Waals surface area contributed by atoms with Gasteiger partial charge in [-0.2, -0.15) is 13.2 Å². The highest BCUT2D eigenvalue weighted by atomic mass is 35.5. The maximum atomic E-state index is 12.5. The maximum absolute atomic E-state index is 12.5. The lowest BCUT2D eigenvalue weighted by atomic mass is 9.80. The SMILES string of the molecule is Cl.FC(F)(F)Sc1ccc([C@@H](C2CCCCC2)N2CCNCC2)cc1. The molecular formula is C18H26ClF3N2S. The third-order valence-electron chi connectivity index (χ3n) is 5.10. The Morgan fingerprint density at radius 2 is 1.60 bits per heavy atom. The number of hydrogen-bond donors (Lipinski definition) is 1. The summed E-state index contributed by atoms with van der Waals surface area (Å²) in [6.07, 6.45) is 6.32. The van der Waals surface area contributed by atoms with Crippen LogP contribution in [0.3, 0.4) is 0 Å². The van der Waals surface area contributed by atoms with Crippen LogP contribution in [0.15, 0.2) is 29.2 Å². The van der Waals surface area contributed by atoms with Gasteiger partial charge in [0, 0.05) is 37.1 Å². The third kappa shape index (κ3) is 6.05. The van der Waals surface area contributed by atoms with Gasteiger partial charge in [0.1, 0.15) is 0 Å². The maximum Gasteiger partial charge on any atom is 0.446 e. The zero-order valence-electron chi connectivity index (χ0n) is 14.2. The zero-order chi connectivity index (χ0) is 17.0. The molecule has 1 aliphatic carbocycles. The van der Waals surface area contributed by atoms with E-state index in [9.17, 15) is 13.2 Å². The molecule has 3 rings (SSSR count). The topological polar surface area (TPSA) is 15.3 Å². The molecule has 0 aromatic heterocycles. The van der Waals surface area contributed by atoms with Crippen molar-refractivity contribution in [3.63, 3.8) is 0 Å². The summed E-state index contributed by atoms with van der Waals surface area (Å²) in [6, 6.07) is 7.43. The summed E-state index contributed by atoms with van der Waals surface area (Å²) in [7, 11) is 0. The highest BCUT2D eigenvalue weighted by Crippen LogP contribution is 2.41. The third-order valence-corrected chi connectivity index (χ3v) is 5.84. The van der Waals surface area contributed by atoms with E-state index in [1.54, 1.807) is 12.1 Å². The van der Waals surface area contributed by atoms with Crippen LogP contribution in [0.2, 0.25) is 0 Å². The molecule has 2 nitrogen and oxygen atoms in total. The summed E-state index contributed by atoms with van der Waals surface area (Å²) in [5.74, 6) is 0.623. The molecule has 142 valence electrons. The van der Waals surface area contributed by atoms with E-state index in [0.29, 0.717) is 12.0 Å². The molecule has 1 atom stereocenters. The van der Waals surface area contributed by atoms with E-state index < -0.39 is 5.51 Å². The minimum Gasteiger partial charge on any atom is -0.314 e. The van der Waals surface area contributed by atoms with E-state index in [4.69, 9.17) is 0 Å². The monoisotopic (exact) mass is 394 g/mol. The predicted molar refractivity (Wildman–Crippen MR) is 99.4 cm³/mol. The molecule has 1 saturated heterocycles. The molecule has 0 bridgehead atoms. The van der Waals surface area contributed by atoms with E-state index in [2.05, 4.69) is 10.2 Å². The van der Waals surface area contributed by atoms with Gasteiger partial charge < -0.3 is 5.32 Å². The van der Waals surface area contributed by atoms with Crippen LogP contribution in [0.1, 0.15) is 43.7 Å². The van der Waals surface area contributed by atoms with Crippen molar-refractivity contribution in [3.8, 4) is 0 Å². The van der Waals surface area contributed by atoms with Crippen LogP contribution in [0.4, 0.5) is 13.2 Å². The molecule has 0 amide bonds. The molecule has 1 heterocycles. The summed E-state index contributed by atoms with van der Waals surface area (Å²) >= 11 is -0.0313. The fourth-order valence-corrected chi connectivity index (χ4v) is 4.60. The second-order valence-electron chi connectivity index (χ2n) is 6.75. The fraction of sp³-hybridized carbons (Fsp3) is 0.667. The summed E-state index contributed by atoms with van der Waals surface area (Å²) in [6.45, 7) is 4.01. The second kappa shape index (κ2) is 9.49. The summed E-state index contributed by atoms with van der Waals surface area (Å²) < 4.78 is 37.6. The molecule has 2 aliphatic rings. The highest BCUT2D eigenvalue weighted by molar-refractivity contribution is 8.00. The smallest absolute Gasteiger partial charge is 0.314 e. The standard InChI is InChI=1S/C18H25F3N2S.ClH/c19-18(20,21)24-16-8-6-15(7-9-16)17(14-4-2-1-3-5-14)23-12-10-22-11-13-23;/h6-9,14,17,22H,1-5,10-13H2;1H/t17-;/m1./s1. The average molecular weight is 395 g/mol. The van der Waals surface area contributed by atoms with Crippen molar-refractivity contribution in [3.05, 3.63) is 29.8 Å². The van der Waals surface area contributed by atoms with Gasteiger partial charge in [0.15, 0.2) is 0 Å². The Balaban J connectivity index is 0.00000225. The lowest BCUT2D eigenvalue weighted by Crippen LogP contribution is -2.47. The van der Waals surface area contributed by atoms with Gasteiger partial charge in [-0.15, -0.1) is 12.4 Å². The molecule has 0 unspecified atom stereocenters. The van der Waals surface area contributed by atoms with Crippen molar-refractivity contribution in [2.24, 2.45) is 5.92 Å². The van der Waals surface area contributed by atoms with Gasteiger partial charge in [-0.3, -0.25) is 4.90 Å². The van der Waals surface area contributed by atoms with Crippen LogP contribution in [-0.4, -0.2) is 36.6 Å². The minimum atomic E-state index is -4.22. The minimum absolute atomic E-state index is 0. The molecule has 1 aromatic carbocycles. The Labute approximate surface area is 158 Å². The van der Waals surface area contributed by atoms with E-state index in [1.165, 1.54) is 37.7 Å². The van der Waals surface area contributed by atoms with Gasteiger partial charge in [0.25, 0.3) is 0 Å². The molecule has 25 heavy (non-hydrogen) atoms. The summed E-state index contributed by atoms with van der Waals surface area (Å²) in [5, 5.41) is 3.39. The van der Waals surface area contributed by atoms with E-state index in [-0.39, 0.29) is 29.1 Å². The Kier molecular flexibility index (Phi) is 7.92. The number of nitrogens with one attached hydrogen (secondary N) is 1.